The van der Waals surface area contributed by atoms with Crippen LogP contribution in [0.25, 0.3) is 22.6 Å². The van der Waals surface area contributed by atoms with Crippen molar-refractivity contribution in [2.75, 3.05) is 5.32 Å². The van der Waals surface area contributed by atoms with Gasteiger partial charge in [-0.2, -0.15) is 0 Å². The Bertz CT molecular complexity index is 1190. The second-order valence-electron chi connectivity index (χ2n) is 7.75. The molecule has 5 nitrogen and oxygen atoms in total. The predicted octanol–water partition coefficient (Wildman–Crippen LogP) is 5.88. The molecular formula is C25H26N4O. The molecule has 0 bridgehead atoms. The number of nitrogens with one attached hydrogen (secondary N) is 1. The molecule has 0 saturated heterocycles. The van der Waals surface area contributed by atoms with E-state index in [0.29, 0.717) is 11.5 Å². The summed E-state index contributed by atoms with van der Waals surface area (Å²) in [5, 5.41) is 3.02. The lowest BCUT2D eigenvalue weighted by Crippen LogP contribution is -2.12. The van der Waals surface area contributed by atoms with Crippen molar-refractivity contribution in [3.8, 4) is 11.4 Å². The summed E-state index contributed by atoms with van der Waals surface area (Å²) in [6.07, 6.45) is 2.76. The first-order chi connectivity index (χ1) is 14.6. The van der Waals surface area contributed by atoms with Crippen LogP contribution in [0.2, 0.25) is 0 Å². The highest BCUT2D eigenvalue weighted by Crippen LogP contribution is 2.25. The van der Waals surface area contributed by atoms with Gasteiger partial charge in [-0.3, -0.25) is 4.79 Å². The zero-order valence-electron chi connectivity index (χ0n) is 17.6. The number of carbonyl (C=O) groups is 1. The summed E-state index contributed by atoms with van der Waals surface area (Å²) >= 11 is 0. The zero-order valence-corrected chi connectivity index (χ0v) is 17.6. The largest absolute Gasteiger partial charge is 0.322 e. The van der Waals surface area contributed by atoms with Crippen LogP contribution in [0.15, 0.2) is 66.9 Å². The van der Waals surface area contributed by atoms with Crippen molar-refractivity contribution in [3.05, 3.63) is 78.0 Å². The summed E-state index contributed by atoms with van der Waals surface area (Å²) < 4.78 is 2.12. The Kier molecular flexibility index (Phi) is 5.61. The van der Waals surface area contributed by atoms with Gasteiger partial charge in [-0.15, -0.1) is 0 Å². The molecule has 0 aliphatic rings. The van der Waals surface area contributed by atoms with Gasteiger partial charge in [0.25, 0.3) is 5.91 Å². The molecule has 0 aliphatic carbocycles. The van der Waals surface area contributed by atoms with Crippen LogP contribution in [-0.4, -0.2) is 20.4 Å². The minimum absolute atomic E-state index is 0.131. The molecule has 4 rings (SSSR count). The lowest BCUT2D eigenvalue weighted by Gasteiger charge is -2.11. The number of benzene rings is 2. The van der Waals surface area contributed by atoms with Crippen molar-refractivity contribution in [2.24, 2.45) is 0 Å². The summed E-state index contributed by atoms with van der Waals surface area (Å²) in [5.41, 5.74) is 5.24. The maximum absolute atomic E-state index is 12.9. The van der Waals surface area contributed by atoms with Crippen molar-refractivity contribution >= 4 is 22.8 Å². The van der Waals surface area contributed by atoms with Crippen molar-refractivity contribution in [1.29, 1.82) is 0 Å². The highest BCUT2D eigenvalue weighted by atomic mass is 16.1. The van der Waals surface area contributed by atoms with Gasteiger partial charge in [0.05, 0.1) is 0 Å². The molecule has 0 aliphatic heterocycles. The van der Waals surface area contributed by atoms with Gasteiger partial charge in [-0.1, -0.05) is 45.0 Å². The standard InChI is InChI=1S/C25H26N4O/c1-4-14-29-23(28-22-12-7-13-26-24(22)29)19-9-5-10-20(15-19)25(30)27-21-11-6-8-18(16-21)17(2)3/h5-13,15-17H,4,14H2,1-3H3,(H,27,30). The van der Waals surface area contributed by atoms with Gasteiger partial charge in [-0.25, -0.2) is 9.97 Å². The van der Waals surface area contributed by atoms with Crippen LogP contribution in [0.4, 0.5) is 5.69 Å². The molecule has 0 atom stereocenters. The molecule has 0 fully saturated rings. The predicted molar refractivity (Wildman–Crippen MR) is 122 cm³/mol. The fraction of sp³-hybridized carbons (Fsp3) is 0.240. The van der Waals surface area contributed by atoms with Gasteiger partial charge >= 0.3 is 0 Å². The van der Waals surface area contributed by atoms with Gasteiger partial charge in [0.15, 0.2) is 5.65 Å². The third-order valence-corrected chi connectivity index (χ3v) is 5.15. The number of nitrogens with zero attached hydrogens (tertiary/aromatic N) is 3. The summed E-state index contributed by atoms with van der Waals surface area (Å²) in [6, 6.07) is 19.5. The number of hydrogen-bond donors (Lipinski definition) is 1. The normalized spacial score (nSPS) is 11.2. The molecule has 2 aromatic carbocycles. The van der Waals surface area contributed by atoms with Crippen LogP contribution in [-0.2, 0) is 6.54 Å². The fourth-order valence-corrected chi connectivity index (χ4v) is 3.59. The van der Waals surface area contributed by atoms with E-state index in [1.165, 1.54) is 5.56 Å². The molecule has 4 aromatic rings. The molecule has 1 N–H and O–H groups in total. The Labute approximate surface area is 176 Å². The van der Waals surface area contributed by atoms with E-state index >= 15 is 0 Å². The number of aryl methyl sites for hydroxylation is 1. The minimum atomic E-state index is -0.131. The van der Waals surface area contributed by atoms with Crippen LogP contribution in [0.5, 0.6) is 0 Å². The van der Waals surface area contributed by atoms with E-state index in [2.05, 4.69) is 41.7 Å². The number of pyridine rings is 1. The third-order valence-electron chi connectivity index (χ3n) is 5.15. The molecule has 0 unspecified atom stereocenters. The molecule has 0 radical (unpaired) electrons. The Morgan fingerprint density at radius 1 is 1.07 bits per heavy atom. The van der Waals surface area contributed by atoms with E-state index in [0.717, 1.165) is 41.2 Å². The second-order valence-corrected chi connectivity index (χ2v) is 7.75. The lowest BCUT2D eigenvalue weighted by molar-refractivity contribution is 0.102. The van der Waals surface area contributed by atoms with Crippen LogP contribution < -0.4 is 5.32 Å². The number of amides is 1. The molecule has 5 heteroatoms. The molecular weight excluding hydrogens is 372 g/mol. The molecule has 0 saturated carbocycles. The van der Waals surface area contributed by atoms with Crippen molar-refractivity contribution in [1.82, 2.24) is 14.5 Å². The first-order valence-corrected chi connectivity index (χ1v) is 10.4. The van der Waals surface area contributed by atoms with E-state index in [4.69, 9.17) is 4.98 Å². The molecule has 0 spiro atoms. The van der Waals surface area contributed by atoms with Gasteiger partial charge in [0, 0.05) is 29.6 Å². The fourth-order valence-electron chi connectivity index (χ4n) is 3.59. The van der Waals surface area contributed by atoms with Crippen LogP contribution in [0.1, 0.15) is 49.0 Å². The number of anilines is 1. The summed E-state index contributed by atoms with van der Waals surface area (Å²) in [7, 11) is 0. The minimum Gasteiger partial charge on any atom is -0.322 e. The number of carbonyl (C=O) groups excluding carboxylic acids is 1. The Balaban J connectivity index is 1.66. The van der Waals surface area contributed by atoms with Crippen LogP contribution >= 0.6 is 0 Å². The summed E-state index contributed by atoms with van der Waals surface area (Å²) in [6.45, 7) is 7.23. The Hall–Kier alpha value is -3.47. The van der Waals surface area contributed by atoms with Crippen LogP contribution in [0, 0.1) is 0 Å². The highest BCUT2D eigenvalue weighted by molar-refractivity contribution is 6.05. The lowest BCUT2D eigenvalue weighted by atomic mass is 10.0. The summed E-state index contributed by atoms with van der Waals surface area (Å²) in [5.74, 6) is 1.11. The highest BCUT2D eigenvalue weighted by Gasteiger charge is 2.15. The van der Waals surface area contributed by atoms with Crippen LogP contribution in [0.3, 0.4) is 0 Å². The number of rotatable bonds is 6. The summed E-state index contributed by atoms with van der Waals surface area (Å²) in [4.78, 5) is 22.2. The topological polar surface area (TPSA) is 59.8 Å². The van der Waals surface area contributed by atoms with Crippen molar-refractivity contribution in [2.45, 2.75) is 39.7 Å². The van der Waals surface area contributed by atoms with Gasteiger partial charge < -0.3 is 9.88 Å². The first-order valence-electron chi connectivity index (χ1n) is 10.4. The Morgan fingerprint density at radius 3 is 2.70 bits per heavy atom. The second kappa shape index (κ2) is 8.49. The number of imidazole rings is 1. The van der Waals surface area contributed by atoms with E-state index in [1.54, 1.807) is 6.20 Å². The van der Waals surface area contributed by atoms with Crippen molar-refractivity contribution < 1.29 is 4.79 Å². The monoisotopic (exact) mass is 398 g/mol. The molecule has 152 valence electrons. The van der Waals surface area contributed by atoms with Gasteiger partial charge in [0.1, 0.15) is 11.3 Å². The number of aromatic nitrogens is 3. The number of hydrogen-bond acceptors (Lipinski definition) is 3. The van der Waals surface area contributed by atoms with Gasteiger partial charge in [-0.05, 0) is 54.3 Å². The van der Waals surface area contributed by atoms with E-state index in [-0.39, 0.29) is 5.91 Å². The SMILES string of the molecule is CCCn1c(-c2cccc(C(=O)Nc3cccc(C(C)C)c3)c2)nc2cccnc21. The molecule has 30 heavy (non-hydrogen) atoms. The van der Waals surface area contributed by atoms with E-state index in [1.807, 2.05) is 54.6 Å². The zero-order chi connectivity index (χ0) is 21.1. The Morgan fingerprint density at radius 2 is 1.90 bits per heavy atom. The molecule has 2 heterocycles. The molecule has 1 amide bonds. The van der Waals surface area contributed by atoms with E-state index in [9.17, 15) is 4.79 Å². The maximum Gasteiger partial charge on any atom is 0.255 e. The molecule has 2 aromatic heterocycles. The quantitative estimate of drug-likeness (QED) is 0.441. The smallest absolute Gasteiger partial charge is 0.255 e. The maximum atomic E-state index is 12.9. The average molecular weight is 399 g/mol. The van der Waals surface area contributed by atoms with Crippen molar-refractivity contribution in [3.63, 3.8) is 0 Å². The van der Waals surface area contributed by atoms with Gasteiger partial charge in [0.2, 0.25) is 0 Å². The van der Waals surface area contributed by atoms with E-state index < -0.39 is 0 Å². The average Bonchev–Trinajstić information content (AvgIpc) is 3.13. The first kappa shape index (κ1) is 19.8. The third kappa shape index (κ3) is 3.96. The number of fused-ring (bicyclic) bond motifs is 1.